The Labute approximate surface area is 119 Å². The van der Waals surface area contributed by atoms with E-state index in [2.05, 4.69) is 5.43 Å². The number of rotatable bonds is 3. The molecule has 1 aromatic carbocycles. The van der Waals surface area contributed by atoms with Gasteiger partial charge in [0.15, 0.2) is 5.76 Å². The Balaban J connectivity index is 2.00. The van der Waals surface area contributed by atoms with Crippen molar-refractivity contribution in [1.82, 2.24) is 9.99 Å². The molecule has 0 unspecified atom stereocenters. The van der Waals surface area contributed by atoms with Gasteiger partial charge in [-0.1, -0.05) is 17.7 Å². The zero-order chi connectivity index (χ0) is 14.1. The van der Waals surface area contributed by atoms with E-state index in [1.54, 1.807) is 6.07 Å². The molecule has 0 spiro atoms. The van der Waals surface area contributed by atoms with E-state index < -0.39 is 5.91 Å². The summed E-state index contributed by atoms with van der Waals surface area (Å²) in [5, 5.41) is 1.68. The molecule has 0 aliphatic heterocycles. The summed E-state index contributed by atoms with van der Waals surface area (Å²) in [4.78, 5) is 11.6. The van der Waals surface area contributed by atoms with Crippen LogP contribution in [-0.2, 0) is 6.54 Å². The van der Waals surface area contributed by atoms with Gasteiger partial charge in [-0.2, -0.15) is 0 Å². The molecule has 0 fully saturated rings. The number of aromatic nitrogens is 1. The molecule has 3 N–H and O–H groups in total. The van der Waals surface area contributed by atoms with Crippen molar-refractivity contribution in [2.24, 2.45) is 5.84 Å². The van der Waals surface area contributed by atoms with Crippen LogP contribution in [-0.4, -0.2) is 10.5 Å². The minimum Gasteiger partial charge on any atom is -0.459 e. The highest BCUT2D eigenvalue weighted by Crippen LogP contribution is 2.25. The third-order valence-corrected chi connectivity index (χ3v) is 3.51. The normalized spacial score (nSPS) is 10.9. The summed E-state index contributed by atoms with van der Waals surface area (Å²) in [6, 6.07) is 9.41. The van der Waals surface area contributed by atoms with Crippen molar-refractivity contribution in [1.29, 1.82) is 0 Å². The molecule has 20 heavy (non-hydrogen) atoms. The highest BCUT2D eigenvalue weighted by atomic mass is 35.5. The molecule has 6 heteroatoms. The van der Waals surface area contributed by atoms with Gasteiger partial charge < -0.3 is 8.98 Å². The third kappa shape index (κ3) is 2.07. The van der Waals surface area contributed by atoms with E-state index in [0.29, 0.717) is 11.6 Å². The van der Waals surface area contributed by atoms with Gasteiger partial charge in [0.25, 0.3) is 0 Å². The number of nitrogens with one attached hydrogen (secondary N) is 1. The summed E-state index contributed by atoms with van der Waals surface area (Å²) in [6.45, 7) is 0.503. The summed E-state index contributed by atoms with van der Waals surface area (Å²) in [5.41, 5.74) is 3.82. The molecule has 0 atom stereocenters. The predicted molar refractivity (Wildman–Crippen MR) is 76.4 cm³/mol. The molecule has 102 valence electrons. The highest BCUT2D eigenvalue weighted by Gasteiger charge is 2.15. The van der Waals surface area contributed by atoms with Crippen molar-refractivity contribution < 1.29 is 9.21 Å². The Bertz CT molecular complexity index is 776. The largest absolute Gasteiger partial charge is 0.459 e. The number of nitrogens with two attached hydrogens (primary N) is 1. The minimum atomic E-state index is -0.445. The van der Waals surface area contributed by atoms with E-state index in [-0.39, 0.29) is 5.76 Å². The first-order chi connectivity index (χ1) is 9.70. The lowest BCUT2D eigenvalue weighted by molar-refractivity contribution is 0.0924. The Kier molecular flexibility index (Phi) is 3.22. The van der Waals surface area contributed by atoms with Crippen molar-refractivity contribution in [3.8, 4) is 0 Å². The van der Waals surface area contributed by atoms with Crippen LogP contribution in [0.25, 0.3) is 10.9 Å². The zero-order valence-corrected chi connectivity index (χ0v) is 11.2. The fourth-order valence-electron chi connectivity index (χ4n) is 2.23. The molecule has 1 amide bonds. The maximum absolute atomic E-state index is 11.6. The number of benzene rings is 1. The second-order valence-electron chi connectivity index (χ2n) is 4.36. The number of hydrazine groups is 1. The average Bonchev–Trinajstić information content (AvgIpc) is 3.07. The maximum atomic E-state index is 11.6. The number of hydrogen-bond donors (Lipinski definition) is 2. The summed E-state index contributed by atoms with van der Waals surface area (Å²) in [5.74, 6) is 4.91. The van der Waals surface area contributed by atoms with Crippen LogP contribution in [0.15, 0.2) is 47.2 Å². The second-order valence-corrected chi connectivity index (χ2v) is 4.77. The monoisotopic (exact) mass is 289 g/mol. The van der Waals surface area contributed by atoms with Gasteiger partial charge in [-0.05, 0) is 24.3 Å². The van der Waals surface area contributed by atoms with Gasteiger partial charge in [0.1, 0.15) is 0 Å². The van der Waals surface area contributed by atoms with Crippen LogP contribution < -0.4 is 11.3 Å². The number of carbonyl (C=O) groups is 1. The number of hydrogen-bond acceptors (Lipinski definition) is 3. The number of fused-ring (bicyclic) bond motifs is 1. The number of halogens is 1. The van der Waals surface area contributed by atoms with Crippen molar-refractivity contribution in [2.45, 2.75) is 6.54 Å². The molecule has 2 heterocycles. The topological polar surface area (TPSA) is 73.2 Å². The Morgan fingerprint density at radius 3 is 3.00 bits per heavy atom. The quantitative estimate of drug-likeness (QED) is 0.442. The first-order valence-electron chi connectivity index (χ1n) is 6.01. The third-order valence-electron chi connectivity index (χ3n) is 3.19. The number of furan rings is 1. The molecular formula is C14H12ClN3O2. The van der Waals surface area contributed by atoms with E-state index in [1.165, 1.54) is 6.26 Å². The number of carbonyl (C=O) groups excluding carboxylic acids is 1. The van der Waals surface area contributed by atoms with E-state index in [1.807, 2.05) is 35.0 Å². The molecule has 0 radical (unpaired) electrons. The van der Waals surface area contributed by atoms with Crippen molar-refractivity contribution >= 4 is 28.4 Å². The molecule has 0 saturated heterocycles. The van der Waals surface area contributed by atoms with Crippen LogP contribution in [0.1, 0.15) is 16.1 Å². The smallest absolute Gasteiger partial charge is 0.301 e. The van der Waals surface area contributed by atoms with Gasteiger partial charge in [-0.3, -0.25) is 10.2 Å². The van der Waals surface area contributed by atoms with Crippen LogP contribution in [0.2, 0.25) is 5.02 Å². The Hall–Kier alpha value is -2.24. The molecule has 0 aliphatic carbocycles. The lowest BCUT2D eigenvalue weighted by Crippen LogP contribution is -2.30. The van der Waals surface area contributed by atoms with Gasteiger partial charge in [0, 0.05) is 27.7 Å². The van der Waals surface area contributed by atoms with Crippen molar-refractivity contribution in [2.75, 3.05) is 0 Å². The van der Waals surface area contributed by atoms with E-state index in [0.717, 1.165) is 16.5 Å². The van der Waals surface area contributed by atoms with Gasteiger partial charge in [-0.25, -0.2) is 5.84 Å². The summed E-state index contributed by atoms with van der Waals surface area (Å²) < 4.78 is 7.17. The maximum Gasteiger partial charge on any atom is 0.301 e. The molecule has 2 aromatic heterocycles. The lowest BCUT2D eigenvalue weighted by Gasteiger charge is -2.06. The van der Waals surface area contributed by atoms with Gasteiger partial charge in [-0.15, -0.1) is 0 Å². The first kappa shape index (κ1) is 12.8. The molecule has 3 aromatic rings. The Morgan fingerprint density at radius 2 is 2.20 bits per heavy atom. The summed E-state index contributed by atoms with van der Waals surface area (Å²) >= 11 is 6.14. The fourth-order valence-corrected chi connectivity index (χ4v) is 2.46. The van der Waals surface area contributed by atoms with E-state index in [4.69, 9.17) is 21.9 Å². The molecule has 0 aliphatic rings. The van der Waals surface area contributed by atoms with Crippen LogP contribution in [0.3, 0.4) is 0 Å². The van der Waals surface area contributed by atoms with Crippen LogP contribution >= 0.6 is 11.6 Å². The van der Waals surface area contributed by atoms with Crippen molar-refractivity contribution in [3.63, 3.8) is 0 Å². The molecule has 0 bridgehead atoms. The van der Waals surface area contributed by atoms with Crippen LogP contribution in [0.4, 0.5) is 0 Å². The number of amides is 1. The van der Waals surface area contributed by atoms with Gasteiger partial charge >= 0.3 is 5.91 Å². The minimum absolute atomic E-state index is 0.219. The molecule has 5 nitrogen and oxygen atoms in total. The Morgan fingerprint density at radius 1 is 1.35 bits per heavy atom. The average molecular weight is 290 g/mol. The highest BCUT2D eigenvalue weighted by molar-refractivity contribution is 6.35. The predicted octanol–water partition coefficient (Wildman–Crippen LogP) is 2.54. The SMILES string of the molecule is NNC(=O)c1occc1Cn1ccc2c(Cl)cccc21. The van der Waals surface area contributed by atoms with Gasteiger partial charge in [0.2, 0.25) is 0 Å². The first-order valence-corrected chi connectivity index (χ1v) is 6.39. The van der Waals surface area contributed by atoms with Gasteiger partial charge in [0.05, 0.1) is 12.8 Å². The summed E-state index contributed by atoms with van der Waals surface area (Å²) in [7, 11) is 0. The molecular weight excluding hydrogens is 278 g/mol. The number of nitrogen functional groups attached to an aromatic ring is 1. The zero-order valence-electron chi connectivity index (χ0n) is 10.5. The van der Waals surface area contributed by atoms with Crippen molar-refractivity contribution in [3.05, 3.63) is 59.1 Å². The van der Waals surface area contributed by atoms with Crippen LogP contribution in [0, 0.1) is 0 Å². The summed E-state index contributed by atoms with van der Waals surface area (Å²) in [6.07, 6.45) is 3.40. The fraction of sp³-hybridized carbons (Fsp3) is 0.0714. The van der Waals surface area contributed by atoms with E-state index in [9.17, 15) is 4.79 Å². The second kappa shape index (κ2) is 5.03. The standard InChI is InChI=1S/C14H12ClN3O2/c15-11-2-1-3-12-10(11)4-6-18(12)8-9-5-7-20-13(9)14(19)17-16/h1-7H,8,16H2,(H,17,19). The molecule has 0 saturated carbocycles. The lowest BCUT2D eigenvalue weighted by atomic mass is 10.2. The number of nitrogens with zero attached hydrogens (tertiary/aromatic N) is 1. The molecule has 3 rings (SSSR count). The van der Waals surface area contributed by atoms with E-state index >= 15 is 0 Å². The van der Waals surface area contributed by atoms with Crippen LogP contribution in [0.5, 0.6) is 0 Å².